The van der Waals surface area contributed by atoms with Crippen molar-refractivity contribution in [2.24, 2.45) is 0 Å². The topological polar surface area (TPSA) is 56.1 Å². The molecular weight excluding hydrogens is 250 g/mol. The molecule has 0 unspecified atom stereocenters. The molecule has 1 aliphatic heterocycles. The SMILES string of the molecule is N#Cc1ccc(NCC(=O)N2CCCC2)cc1Cl. The maximum atomic E-state index is 11.8. The molecule has 2 rings (SSSR count). The van der Waals surface area contributed by atoms with Gasteiger partial charge in [0.2, 0.25) is 5.91 Å². The molecule has 0 bridgehead atoms. The summed E-state index contributed by atoms with van der Waals surface area (Å²) in [5.41, 5.74) is 1.19. The Morgan fingerprint density at radius 1 is 1.44 bits per heavy atom. The van der Waals surface area contributed by atoms with Crippen LogP contribution in [0.2, 0.25) is 5.02 Å². The van der Waals surface area contributed by atoms with Crippen molar-refractivity contribution in [3.63, 3.8) is 0 Å². The number of anilines is 1. The largest absolute Gasteiger partial charge is 0.376 e. The first-order valence-corrected chi connectivity index (χ1v) is 6.30. The Bertz CT molecular complexity index is 489. The Kier molecular flexibility index (Phi) is 4.06. The average molecular weight is 264 g/mol. The van der Waals surface area contributed by atoms with E-state index in [1.54, 1.807) is 18.2 Å². The molecule has 1 heterocycles. The number of hydrogen-bond donors (Lipinski definition) is 1. The molecule has 0 atom stereocenters. The van der Waals surface area contributed by atoms with Crippen LogP contribution >= 0.6 is 11.6 Å². The second-order valence-corrected chi connectivity index (χ2v) is 4.66. The number of amides is 1. The standard InChI is InChI=1S/C13H14ClN3O/c14-12-7-11(4-3-10(12)8-15)16-9-13(18)17-5-1-2-6-17/h3-4,7,16H,1-2,5-6,9H2. The second-order valence-electron chi connectivity index (χ2n) is 4.25. The molecule has 0 saturated carbocycles. The Balaban J connectivity index is 1.92. The van der Waals surface area contributed by atoms with Gasteiger partial charge in [-0.2, -0.15) is 5.26 Å². The zero-order valence-corrected chi connectivity index (χ0v) is 10.7. The number of hydrogen-bond acceptors (Lipinski definition) is 3. The van der Waals surface area contributed by atoms with Crippen LogP contribution in [0.5, 0.6) is 0 Å². The van der Waals surface area contributed by atoms with Gasteiger partial charge in [0.05, 0.1) is 17.1 Å². The maximum Gasteiger partial charge on any atom is 0.241 e. The second kappa shape index (κ2) is 5.74. The monoisotopic (exact) mass is 263 g/mol. The lowest BCUT2D eigenvalue weighted by molar-refractivity contribution is -0.128. The van der Waals surface area contributed by atoms with E-state index >= 15 is 0 Å². The van der Waals surface area contributed by atoms with Crippen molar-refractivity contribution in [1.82, 2.24) is 4.90 Å². The molecule has 1 aromatic rings. The summed E-state index contributed by atoms with van der Waals surface area (Å²) in [5, 5.41) is 12.2. The van der Waals surface area contributed by atoms with E-state index in [2.05, 4.69) is 5.32 Å². The Hall–Kier alpha value is -1.73. The van der Waals surface area contributed by atoms with E-state index in [0.29, 0.717) is 10.6 Å². The average Bonchev–Trinajstić information content (AvgIpc) is 2.90. The summed E-state index contributed by atoms with van der Waals surface area (Å²) < 4.78 is 0. The quantitative estimate of drug-likeness (QED) is 0.910. The molecule has 1 N–H and O–H groups in total. The van der Waals surface area contributed by atoms with Gasteiger partial charge in [-0.1, -0.05) is 11.6 Å². The number of nitrogens with zero attached hydrogens (tertiary/aromatic N) is 2. The molecule has 0 aromatic heterocycles. The fourth-order valence-electron chi connectivity index (χ4n) is 1.97. The normalized spacial score (nSPS) is 14.3. The fourth-order valence-corrected chi connectivity index (χ4v) is 2.19. The minimum absolute atomic E-state index is 0.105. The zero-order valence-electron chi connectivity index (χ0n) is 9.95. The molecular formula is C13H14ClN3O. The van der Waals surface area contributed by atoms with Gasteiger partial charge in [-0.25, -0.2) is 0 Å². The van der Waals surface area contributed by atoms with E-state index < -0.39 is 0 Å². The fraction of sp³-hybridized carbons (Fsp3) is 0.385. The number of rotatable bonds is 3. The minimum atomic E-state index is 0.105. The number of nitriles is 1. The molecule has 0 aliphatic carbocycles. The smallest absolute Gasteiger partial charge is 0.241 e. The van der Waals surface area contributed by atoms with Gasteiger partial charge in [0.25, 0.3) is 0 Å². The molecule has 94 valence electrons. The molecule has 1 aromatic carbocycles. The third-order valence-electron chi connectivity index (χ3n) is 2.99. The summed E-state index contributed by atoms with van der Waals surface area (Å²) in [6.07, 6.45) is 2.18. The molecule has 5 heteroatoms. The van der Waals surface area contributed by atoms with Gasteiger partial charge in [-0.3, -0.25) is 4.79 Å². The van der Waals surface area contributed by atoms with Gasteiger partial charge < -0.3 is 10.2 Å². The van der Waals surface area contributed by atoms with Gasteiger partial charge in [0.15, 0.2) is 0 Å². The van der Waals surface area contributed by atoms with Gasteiger partial charge >= 0.3 is 0 Å². The highest BCUT2D eigenvalue weighted by atomic mass is 35.5. The van der Waals surface area contributed by atoms with Crippen molar-refractivity contribution in [3.05, 3.63) is 28.8 Å². The number of likely N-dealkylation sites (tertiary alicyclic amines) is 1. The summed E-state index contributed by atoms with van der Waals surface area (Å²) in [6, 6.07) is 7.06. The van der Waals surface area contributed by atoms with Crippen LogP contribution in [0.4, 0.5) is 5.69 Å². The van der Waals surface area contributed by atoms with Crippen LogP contribution in [0.15, 0.2) is 18.2 Å². The van der Waals surface area contributed by atoms with E-state index in [0.717, 1.165) is 31.6 Å². The summed E-state index contributed by atoms with van der Waals surface area (Å²) in [7, 11) is 0. The third kappa shape index (κ3) is 2.93. The van der Waals surface area contributed by atoms with Crippen molar-refractivity contribution in [2.75, 3.05) is 25.0 Å². The number of benzene rings is 1. The summed E-state index contributed by atoms with van der Waals surface area (Å²) in [5.74, 6) is 0.105. The van der Waals surface area contributed by atoms with Crippen molar-refractivity contribution in [3.8, 4) is 6.07 Å². The highest BCUT2D eigenvalue weighted by Gasteiger charge is 2.17. The van der Waals surface area contributed by atoms with Crippen LogP contribution in [0, 0.1) is 11.3 Å². The molecule has 18 heavy (non-hydrogen) atoms. The lowest BCUT2D eigenvalue weighted by atomic mass is 10.2. The number of carbonyl (C=O) groups excluding carboxylic acids is 1. The molecule has 0 radical (unpaired) electrons. The van der Waals surface area contributed by atoms with Gasteiger partial charge in [-0.05, 0) is 31.0 Å². The minimum Gasteiger partial charge on any atom is -0.376 e. The van der Waals surface area contributed by atoms with E-state index in [1.807, 2.05) is 11.0 Å². The zero-order chi connectivity index (χ0) is 13.0. The van der Waals surface area contributed by atoms with E-state index in [4.69, 9.17) is 16.9 Å². The highest BCUT2D eigenvalue weighted by Crippen LogP contribution is 2.20. The van der Waals surface area contributed by atoms with Crippen molar-refractivity contribution in [1.29, 1.82) is 5.26 Å². The van der Waals surface area contributed by atoms with Crippen molar-refractivity contribution in [2.45, 2.75) is 12.8 Å². The first kappa shape index (κ1) is 12.7. The predicted molar refractivity (Wildman–Crippen MR) is 70.5 cm³/mol. The van der Waals surface area contributed by atoms with Crippen LogP contribution in [0.1, 0.15) is 18.4 Å². The Morgan fingerprint density at radius 3 is 2.78 bits per heavy atom. The molecule has 1 saturated heterocycles. The van der Waals surface area contributed by atoms with Crippen LogP contribution in [-0.2, 0) is 4.79 Å². The maximum absolute atomic E-state index is 11.8. The van der Waals surface area contributed by atoms with Gasteiger partial charge in [0.1, 0.15) is 6.07 Å². The Morgan fingerprint density at radius 2 is 2.17 bits per heavy atom. The first-order chi connectivity index (χ1) is 8.70. The van der Waals surface area contributed by atoms with Crippen LogP contribution in [0.3, 0.4) is 0 Å². The predicted octanol–water partition coefficient (Wildman–Crippen LogP) is 2.25. The van der Waals surface area contributed by atoms with Crippen LogP contribution in [-0.4, -0.2) is 30.4 Å². The van der Waals surface area contributed by atoms with E-state index in [1.165, 1.54) is 0 Å². The van der Waals surface area contributed by atoms with Crippen LogP contribution < -0.4 is 5.32 Å². The number of halogens is 1. The summed E-state index contributed by atoms with van der Waals surface area (Å²) >= 11 is 5.91. The molecule has 4 nitrogen and oxygen atoms in total. The summed E-state index contributed by atoms with van der Waals surface area (Å²) in [4.78, 5) is 13.7. The van der Waals surface area contributed by atoms with Crippen LogP contribution in [0.25, 0.3) is 0 Å². The van der Waals surface area contributed by atoms with E-state index in [-0.39, 0.29) is 12.5 Å². The van der Waals surface area contributed by atoms with Crippen molar-refractivity contribution >= 4 is 23.2 Å². The molecule has 1 amide bonds. The summed E-state index contributed by atoms with van der Waals surface area (Å²) in [6.45, 7) is 1.98. The lowest BCUT2D eigenvalue weighted by Gasteiger charge is -2.16. The third-order valence-corrected chi connectivity index (χ3v) is 3.30. The Labute approximate surface area is 111 Å². The number of carbonyl (C=O) groups is 1. The van der Waals surface area contributed by atoms with E-state index in [9.17, 15) is 4.79 Å². The lowest BCUT2D eigenvalue weighted by Crippen LogP contribution is -2.32. The molecule has 1 aliphatic rings. The highest BCUT2D eigenvalue weighted by molar-refractivity contribution is 6.32. The van der Waals surface area contributed by atoms with Gasteiger partial charge in [0, 0.05) is 18.8 Å². The molecule has 0 spiro atoms. The first-order valence-electron chi connectivity index (χ1n) is 5.92. The molecule has 1 fully saturated rings. The van der Waals surface area contributed by atoms with Gasteiger partial charge in [-0.15, -0.1) is 0 Å². The van der Waals surface area contributed by atoms with Crippen molar-refractivity contribution < 1.29 is 4.79 Å². The number of nitrogens with one attached hydrogen (secondary N) is 1.